The second-order valence-electron chi connectivity index (χ2n) is 5.06. The lowest BCUT2D eigenvalue weighted by molar-refractivity contribution is 0.116. The molecule has 2 atom stereocenters. The molecule has 0 unspecified atom stereocenters. The highest BCUT2D eigenvalue weighted by atomic mass is 16.3. The van der Waals surface area contributed by atoms with Crippen LogP contribution >= 0.6 is 0 Å². The average Bonchev–Trinajstić information content (AvgIpc) is 2.32. The molecule has 2 rings (SSSR count). The maximum atomic E-state index is 9.90. The Kier molecular flexibility index (Phi) is 3.94. The Bertz CT molecular complexity index is 367. The SMILES string of the molecule is CC(C)c1nccc(N[C@H]2CCCC[C@@H]2O)n1. The van der Waals surface area contributed by atoms with Gasteiger partial charge < -0.3 is 10.4 Å². The van der Waals surface area contributed by atoms with Gasteiger partial charge in [0.15, 0.2) is 0 Å². The summed E-state index contributed by atoms with van der Waals surface area (Å²) in [6.45, 7) is 4.16. The summed E-state index contributed by atoms with van der Waals surface area (Å²) in [5, 5.41) is 13.2. The van der Waals surface area contributed by atoms with Crippen molar-refractivity contribution in [1.82, 2.24) is 9.97 Å². The maximum Gasteiger partial charge on any atom is 0.133 e. The lowest BCUT2D eigenvalue weighted by Crippen LogP contribution is -2.36. The molecule has 1 fully saturated rings. The zero-order valence-electron chi connectivity index (χ0n) is 10.6. The van der Waals surface area contributed by atoms with Gasteiger partial charge in [0.1, 0.15) is 11.6 Å². The largest absolute Gasteiger partial charge is 0.391 e. The van der Waals surface area contributed by atoms with Crippen molar-refractivity contribution in [2.75, 3.05) is 5.32 Å². The fourth-order valence-electron chi connectivity index (χ4n) is 2.20. The van der Waals surface area contributed by atoms with Crippen LogP contribution in [0.15, 0.2) is 12.3 Å². The van der Waals surface area contributed by atoms with Gasteiger partial charge in [-0.25, -0.2) is 9.97 Å². The molecule has 1 saturated carbocycles. The molecule has 1 aliphatic rings. The van der Waals surface area contributed by atoms with Gasteiger partial charge in [0.2, 0.25) is 0 Å². The van der Waals surface area contributed by atoms with E-state index >= 15 is 0 Å². The molecule has 0 radical (unpaired) electrons. The molecular weight excluding hydrogens is 214 g/mol. The molecular formula is C13H21N3O. The molecule has 1 aliphatic carbocycles. The van der Waals surface area contributed by atoms with Gasteiger partial charge in [-0.2, -0.15) is 0 Å². The molecule has 0 aliphatic heterocycles. The van der Waals surface area contributed by atoms with E-state index in [0.29, 0.717) is 5.92 Å². The van der Waals surface area contributed by atoms with Crippen molar-refractivity contribution in [3.05, 3.63) is 18.1 Å². The first-order valence-corrected chi connectivity index (χ1v) is 6.44. The Morgan fingerprint density at radius 1 is 1.35 bits per heavy atom. The van der Waals surface area contributed by atoms with Gasteiger partial charge in [0.05, 0.1) is 12.1 Å². The predicted molar refractivity (Wildman–Crippen MR) is 68.0 cm³/mol. The number of aromatic nitrogens is 2. The monoisotopic (exact) mass is 235 g/mol. The number of rotatable bonds is 3. The second-order valence-corrected chi connectivity index (χ2v) is 5.06. The average molecular weight is 235 g/mol. The van der Waals surface area contributed by atoms with E-state index in [4.69, 9.17) is 0 Å². The van der Waals surface area contributed by atoms with E-state index in [-0.39, 0.29) is 12.1 Å². The Morgan fingerprint density at radius 3 is 2.82 bits per heavy atom. The normalized spacial score (nSPS) is 24.9. The van der Waals surface area contributed by atoms with Gasteiger partial charge in [-0.05, 0) is 18.9 Å². The smallest absolute Gasteiger partial charge is 0.133 e. The van der Waals surface area contributed by atoms with Gasteiger partial charge in [-0.1, -0.05) is 26.7 Å². The van der Waals surface area contributed by atoms with Gasteiger partial charge in [-0.15, -0.1) is 0 Å². The van der Waals surface area contributed by atoms with Crippen molar-refractivity contribution in [3.63, 3.8) is 0 Å². The maximum absolute atomic E-state index is 9.90. The number of aliphatic hydroxyl groups is 1. The number of hydrogen-bond acceptors (Lipinski definition) is 4. The van der Waals surface area contributed by atoms with Gasteiger partial charge in [0, 0.05) is 12.1 Å². The third-order valence-corrected chi connectivity index (χ3v) is 3.25. The van der Waals surface area contributed by atoms with Crippen molar-refractivity contribution in [3.8, 4) is 0 Å². The molecule has 17 heavy (non-hydrogen) atoms. The molecule has 4 nitrogen and oxygen atoms in total. The number of aliphatic hydroxyl groups excluding tert-OH is 1. The van der Waals surface area contributed by atoms with Crippen molar-refractivity contribution in [2.24, 2.45) is 0 Å². The van der Waals surface area contributed by atoms with E-state index in [9.17, 15) is 5.11 Å². The molecule has 0 spiro atoms. The summed E-state index contributed by atoms with van der Waals surface area (Å²) >= 11 is 0. The van der Waals surface area contributed by atoms with Crippen LogP contribution in [0.5, 0.6) is 0 Å². The fraction of sp³-hybridized carbons (Fsp3) is 0.692. The van der Waals surface area contributed by atoms with Gasteiger partial charge in [0.25, 0.3) is 0 Å². The molecule has 1 aromatic rings. The van der Waals surface area contributed by atoms with Crippen LogP contribution < -0.4 is 5.32 Å². The first-order chi connectivity index (χ1) is 8.16. The van der Waals surface area contributed by atoms with Crippen LogP contribution in [-0.2, 0) is 0 Å². The van der Waals surface area contributed by atoms with Crippen molar-refractivity contribution in [2.45, 2.75) is 57.6 Å². The summed E-state index contributed by atoms with van der Waals surface area (Å²) < 4.78 is 0. The molecule has 1 aromatic heterocycles. The third kappa shape index (κ3) is 3.16. The van der Waals surface area contributed by atoms with Crippen LogP contribution in [-0.4, -0.2) is 27.2 Å². The topological polar surface area (TPSA) is 58.0 Å². The summed E-state index contributed by atoms with van der Waals surface area (Å²) in [6, 6.07) is 2.01. The fourth-order valence-corrected chi connectivity index (χ4v) is 2.20. The van der Waals surface area contributed by atoms with Crippen LogP contribution in [0, 0.1) is 0 Å². The van der Waals surface area contributed by atoms with E-state index in [0.717, 1.165) is 30.9 Å². The quantitative estimate of drug-likeness (QED) is 0.844. The number of anilines is 1. The molecule has 94 valence electrons. The van der Waals surface area contributed by atoms with Crippen LogP contribution in [0.1, 0.15) is 51.3 Å². The first kappa shape index (κ1) is 12.3. The third-order valence-electron chi connectivity index (χ3n) is 3.25. The van der Waals surface area contributed by atoms with E-state index in [2.05, 4.69) is 29.1 Å². The van der Waals surface area contributed by atoms with Crippen molar-refractivity contribution in [1.29, 1.82) is 0 Å². The molecule has 4 heteroatoms. The number of hydrogen-bond donors (Lipinski definition) is 2. The Labute approximate surface area is 102 Å². The van der Waals surface area contributed by atoms with Crippen LogP contribution in [0.4, 0.5) is 5.82 Å². The molecule has 0 bridgehead atoms. The van der Waals surface area contributed by atoms with E-state index < -0.39 is 0 Å². The minimum Gasteiger partial charge on any atom is -0.391 e. The molecule has 0 saturated heterocycles. The summed E-state index contributed by atoms with van der Waals surface area (Å²) in [5.41, 5.74) is 0. The van der Waals surface area contributed by atoms with Crippen LogP contribution in [0.3, 0.4) is 0 Å². The first-order valence-electron chi connectivity index (χ1n) is 6.44. The minimum absolute atomic E-state index is 0.138. The summed E-state index contributed by atoms with van der Waals surface area (Å²) in [4.78, 5) is 8.70. The molecule has 2 N–H and O–H groups in total. The van der Waals surface area contributed by atoms with Gasteiger partial charge >= 0.3 is 0 Å². The van der Waals surface area contributed by atoms with Crippen molar-refractivity contribution < 1.29 is 5.11 Å². The minimum atomic E-state index is -0.249. The van der Waals surface area contributed by atoms with E-state index in [1.165, 1.54) is 6.42 Å². The summed E-state index contributed by atoms with van der Waals surface area (Å²) in [6.07, 6.45) is 5.74. The Morgan fingerprint density at radius 2 is 2.12 bits per heavy atom. The Balaban J connectivity index is 2.04. The zero-order chi connectivity index (χ0) is 12.3. The van der Waals surface area contributed by atoms with Gasteiger partial charge in [-0.3, -0.25) is 0 Å². The molecule has 0 aromatic carbocycles. The molecule has 1 heterocycles. The lowest BCUT2D eigenvalue weighted by atomic mass is 9.92. The second kappa shape index (κ2) is 5.45. The lowest BCUT2D eigenvalue weighted by Gasteiger charge is -2.28. The van der Waals surface area contributed by atoms with Crippen molar-refractivity contribution >= 4 is 5.82 Å². The highest BCUT2D eigenvalue weighted by Crippen LogP contribution is 2.21. The summed E-state index contributed by atoms with van der Waals surface area (Å²) in [5.74, 6) is 2.00. The highest BCUT2D eigenvalue weighted by molar-refractivity contribution is 5.35. The van der Waals surface area contributed by atoms with Crippen LogP contribution in [0.2, 0.25) is 0 Å². The van der Waals surface area contributed by atoms with E-state index in [1.807, 2.05) is 6.07 Å². The number of nitrogens with one attached hydrogen (secondary N) is 1. The molecule has 0 amide bonds. The standard InChI is InChI=1S/C13H21N3O/c1-9(2)13-14-8-7-12(16-13)15-10-5-3-4-6-11(10)17/h7-11,17H,3-6H2,1-2H3,(H,14,15,16)/t10-,11-/m0/s1. The van der Waals surface area contributed by atoms with Crippen LogP contribution in [0.25, 0.3) is 0 Å². The predicted octanol–water partition coefficient (Wildman–Crippen LogP) is 2.32. The summed E-state index contributed by atoms with van der Waals surface area (Å²) in [7, 11) is 0. The highest BCUT2D eigenvalue weighted by Gasteiger charge is 2.23. The zero-order valence-corrected chi connectivity index (χ0v) is 10.6. The number of nitrogens with zero attached hydrogens (tertiary/aromatic N) is 2. The van der Waals surface area contributed by atoms with E-state index in [1.54, 1.807) is 6.20 Å². The Hall–Kier alpha value is -1.16.